The van der Waals surface area contributed by atoms with E-state index < -0.39 is 0 Å². The quantitative estimate of drug-likeness (QED) is 0.663. The first-order valence-electron chi connectivity index (χ1n) is 6.95. The van der Waals surface area contributed by atoms with Crippen LogP contribution in [0.4, 0.5) is 0 Å². The van der Waals surface area contributed by atoms with Gasteiger partial charge in [0.25, 0.3) is 0 Å². The number of hydrogen-bond donors (Lipinski definition) is 1. The molecule has 0 bridgehead atoms. The highest BCUT2D eigenvalue weighted by Gasteiger charge is 2.21. The molecular weight excluding hydrogens is 198 g/mol. The Morgan fingerprint density at radius 3 is 2.62 bits per heavy atom. The van der Waals surface area contributed by atoms with Gasteiger partial charge >= 0.3 is 0 Å². The standard InChI is InChI=1S/C13H29N3/c1-4-6-7-14-8-9-15-10-11-16(5-2)13(3)12-15/h13-14H,4-12H2,1-3H3. The molecule has 3 nitrogen and oxygen atoms in total. The zero-order valence-corrected chi connectivity index (χ0v) is 11.3. The molecule has 1 N–H and O–H groups in total. The van der Waals surface area contributed by atoms with Crippen LogP contribution in [0.3, 0.4) is 0 Å². The van der Waals surface area contributed by atoms with E-state index in [0.717, 1.165) is 12.6 Å². The highest BCUT2D eigenvalue weighted by molar-refractivity contribution is 4.78. The Bertz CT molecular complexity index is 173. The van der Waals surface area contributed by atoms with Crippen molar-refractivity contribution in [2.75, 3.05) is 45.8 Å². The van der Waals surface area contributed by atoms with E-state index in [1.54, 1.807) is 0 Å². The van der Waals surface area contributed by atoms with Crippen LogP contribution in [0.2, 0.25) is 0 Å². The van der Waals surface area contributed by atoms with E-state index in [2.05, 4.69) is 35.9 Å². The van der Waals surface area contributed by atoms with Gasteiger partial charge in [-0.1, -0.05) is 20.3 Å². The lowest BCUT2D eigenvalue weighted by Crippen LogP contribution is -2.52. The van der Waals surface area contributed by atoms with Crippen molar-refractivity contribution in [3.63, 3.8) is 0 Å². The van der Waals surface area contributed by atoms with Crippen LogP contribution in [0, 0.1) is 0 Å². The van der Waals surface area contributed by atoms with Gasteiger partial charge in [-0.05, 0) is 26.4 Å². The summed E-state index contributed by atoms with van der Waals surface area (Å²) < 4.78 is 0. The first-order chi connectivity index (χ1) is 7.77. The van der Waals surface area contributed by atoms with Crippen LogP contribution < -0.4 is 5.32 Å². The second kappa shape index (κ2) is 8.04. The summed E-state index contributed by atoms with van der Waals surface area (Å²) in [6, 6.07) is 0.731. The molecule has 1 rings (SSSR count). The fourth-order valence-electron chi connectivity index (χ4n) is 2.41. The minimum Gasteiger partial charge on any atom is -0.315 e. The molecule has 1 aliphatic rings. The predicted octanol–water partition coefficient (Wildman–Crippen LogP) is 1.40. The molecule has 0 amide bonds. The third-order valence-corrected chi connectivity index (χ3v) is 3.57. The summed E-state index contributed by atoms with van der Waals surface area (Å²) in [6.07, 6.45) is 2.60. The van der Waals surface area contributed by atoms with E-state index in [4.69, 9.17) is 0 Å². The van der Waals surface area contributed by atoms with Crippen molar-refractivity contribution in [1.29, 1.82) is 0 Å². The molecule has 0 aromatic carbocycles. The Morgan fingerprint density at radius 1 is 1.19 bits per heavy atom. The number of hydrogen-bond acceptors (Lipinski definition) is 3. The second-order valence-electron chi connectivity index (χ2n) is 4.88. The number of likely N-dealkylation sites (N-methyl/N-ethyl adjacent to an activating group) is 1. The number of unbranched alkanes of at least 4 members (excludes halogenated alkanes) is 1. The minimum atomic E-state index is 0.731. The lowest BCUT2D eigenvalue weighted by molar-refractivity contribution is 0.0888. The fraction of sp³-hybridized carbons (Fsp3) is 1.00. The lowest BCUT2D eigenvalue weighted by atomic mass is 10.2. The predicted molar refractivity (Wildman–Crippen MR) is 70.9 cm³/mol. The molecular formula is C13H29N3. The van der Waals surface area contributed by atoms with Gasteiger partial charge < -0.3 is 5.32 Å². The summed E-state index contributed by atoms with van der Waals surface area (Å²) in [4.78, 5) is 5.16. The molecule has 3 heteroatoms. The van der Waals surface area contributed by atoms with E-state index in [1.807, 2.05) is 0 Å². The van der Waals surface area contributed by atoms with Crippen LogP contribution in [-0.2, 0) is 0 Å². The molecule has 1 aliphatic heterocycles. The number of nitrogens with one attached hydrogen (secondary N) is 1. The molecule has 0 radical (unpaired) electrons. The molecule has 96 valence electrons. The third kappa shape index (κ3) is 4.81. The van der Waals surface area contributed by atoms with E-state index in [9.17, 15) is 0 Å². The molecule has 0 aromatic heterocycles. The smallest absolute Gasteiger partial charge is 0.0195 e. The van der Waals surface area contributed by atoms with E-state index in [1.165, 1.54) is 52.1 Å². The Kier molecular flexibility index (Phi) is 7.01. The van der Waals surface area contributed by atoms with Gasteiger partial charge in [0.1, 0.15) is 0 Å². The molecule has 0 saturated carbocycles. The molecule has 1 saturated heterocycles. The Morgan fingerprint density at radius 2 is 2.00 bits per heavy atom. The van der Waals surface area contributed by atoms with Gasteiger partial charge in [0, 0.05) is 38.8 Å². The van der Waals surface area contributed by atoms with Crippen molar-refractivity contribution in [2.24, 2.45) is 0 Å². The number of nitrogens with zero attached hydrogens (tertiary/aromatic N) is 2. The summed E-state index contributed by atoms with van der Waals surface area (Å²) in [7, 11) is 0. The van der Waals surface area contributed by atoms with Crippen LogP contribution in [0.25, 0.3) is 0 Å². The molecule has 0 aliphatic carbocycles. The van der Waals surface area contributed by atoms with Crippen molar-refractivity contribution in [2.45, 2.75) is 39.7 Å². The van der Waals surface area contributed by atoms with Crippen molar-refractivity contribution in [1.82, 2.24) is 15.1 Å². The Hall–Kier alpha value is -0.120. The topological polar surface area (TPSA) is 18.5 Å². The van der Waals surface area contributed by atoms with Crippen LogP contribution in [-0.4, -0.2) is 61.7 Å². The molecule has 1 atom stereocenters. The molecule has 16 heavy (non-hydrogen) atoms. The average Bonchev–Trinajstić information content (AvgIpc) is 2.29. The van der Waals surface area contributed by atoms with Crippen molar-refractivity contribution < 1.29 is 0 Å². The van der Waals surface area contributed by atoms with E-state index >= 15 is 0 Å². The minimum absolute atomic E-state index is 0.731. The van der Waals surface area contributed by atoms with Crippen LogP contribution >= 0.6 is 0 Å². The first kappa shape index (κ1) is 13.9. The SMILES string of the molecule is CCCCNCCN1CCN(CC)C(C)C1. The molecule has 0 spiro atoms. The lowest BCUT2D eigenvalue weighted by Gasteiger charge is -2.39. The van der Waals surface area contributed by atoms with E-state index in [-0.39, 0.29) is 0 Å². The normalized spacial score (nSPS) is 23.8. The van der Waals surface area contributed by atoms with Gasteiger partial charge in [-0.25, -0.2) is 0 Å². The first-order valence-corrected chi connectivity index (χ1v) is 6.95. The van der Waals surface area contributed by atoms with Crippen LogP contribution in [0.5, 0.6) is 0 Å². The maximum absolute atomic E-state index is 3.52. The van der Waals surface area contributed by atoms with Gasteiger partial charge in [0.15, 0.2) is 0 Å². The number of rotatable bonds is 7. The number of piperazine rings is 1. The largest absolute Gasteiger partial charge is 0.315 e. The van der Waals surface area contributed by atoms with Gasteiger partial charge in [-0.15, -0.1) is 0 Å². The second-order valence-corrected chi connectivity index (χ2v) is 4.88. The summed E-state index contributed by atoms with van der Waals surface area (Å²) >= 11 is 0. The van der Waals surface area contributed by atoms with Crippen LogP contribution in [0.15, 0.2) is 0 Å². The summed E-state index contributed by atoms with van der Waals surface area (Å²) in [5, 5.41) is 3.52. The maximum atomic E-state index is 3.52. The van der Waals surface area contributed by atoms with Gasteiger partial charge in [0.2, 0.25) is 0 Å². The van der Waals surface area contributed by atoms with Crippen LogP contribution in [0.1, 0.15) is 33.6 Å². The van der Waals surface area contributed by atoms with Crippen molar-refractivity contribution in [3.05, 3.63) is 0 Å². The Balaban J connectivity index is 2.06. The van der Waals surface area contributed by atoms with Gasteiger partial charge in [-0.3, -0.25) is 9.80 Å². The molecule has 1 heterocycles. The van der Waals surface area contributed by atoms with Gasteiger partial charge in [0.05, 0.1) is 0 Å². The molecule has 1 fully saturated rings. The van der Waals surface area contributed by atoms with Crippen molar-refractivity contribution >= 4 is 0 Å². The summed E-state index contributed by atoms with van der Waals surface area (Å²) in [6.45, 7) is 15.3. The highest BCUT2D eigenvalue weighted by Crippen LogP contribution is 2.07. The third-order valence-electron chi connectivity index (χ3n) is 3.57. The summed E-state index contributed by atoms with van der Waals surface area (Å²) in [5.74, 6) is 0. The average molecular weight is 227 g/mol. The molecule has 1 unspecified atom stereocenters. The highest BCUT2D eigenvalue weighted by atomic mass is 15.3. The molecule has 0 aromatic rings. The fourth-order valence-corrected chi connectivity index (χ4v) is 2.41. The van der Waals surface area contributed by atoms with Gasteiger partial charge in [-0.2, -0.15) is 0 Å². The van der Waals surface area contributed by atoms with Crippen molar-refractivity contribution in [3.8, 4) is 0 Å². The zero-order valence-electron chi connectivity index (χ0n) is 11.3. The van der Waals surface area contributed by atoms with E-state index in [0.29, 0.717) is 0 Å². The monoisotopic (exact) mass is 227 g/mol. The maximum Gasteiger partial charge on any atom is 0.0195 e. The zero-order chi connectivity index (χ0) is 11.8. The Labute approximate surface area is 101 Å². The summed E-state index contributed by atoms with van der Waals surface area (Å²) in [5.41, 5.74) is 0.